The van der Waals surface area contributed by atoms with Crippen molar-refractivity contribution in [3.05, 3.63) is 24.8 Å². The van der Waals surface area contributed by atoms with E-state index in [1.165, 1.54) is 12.8 Å². The van der Waals surface area contributed by atoms with Crippen molar-refractivity contribution in [2.75, 3.05) is 0 Å². The van der Waals surface area contributed by atoms with E-state index in [9.17, 15) is 5.11 Å². The zero-order valence-electron chi connectivity index (χ0n) is 8.71. The summed E-state index contributed by atoms with van der Waals surface area (Å²) in [5.41, 5.74) is 0. The lowest BCUT2D eigenvalue weighted by molar-refractivity contribution is 0.156. The summed E-state index contributed by atoms with van der Waals surface area (Å²) in [4.78, 5) is 0. The van der Waals surface area contributed by atoms with E-state index in [4.69, 9.17) is 0 Å². The number of rotatable bonds is 8. The molecule has 0 saturated heterocycles. The van der Waals surface area contributed by atoms with Crippen molar-refractivity contribution in [3.8, 4) is 0 Å². The lowest BCUT2D eigenvalue weighted by atomic mass is 10.1. The zero-order chi connectivity index (χ0) is 9.94. The SMILES string of the molecule is C=CC=CCCCCCC(O)CC. The zero-order valence-corrected chi connectivity index (χ0v) is 8.71. The van der Waals surface area contributed by atoms with Gasteiger partial charge in [0.25, 0.3) is 0 Å². The molecular weight excluding hydrogens is 160 g/mol. The van der Waals surface area contributed by atoms with Crippen LogP contribution in [0.15, 0.2) is 24.8 Å². The fourth-order valence-electron chi connectivity index (χ4n) is 1.22. The molecule has 0 heterocycles. The molecule has 0 aliphatic rings. The van der Waals surface area contributed by atoms with Crippen LogP contribution in [0.2, 0.25) is 0 Å². The molecule has 76 valence electrons. The van der Waals surface area contributed by atoms with Gasteiger partial charge in [0.05, 0.1) is 6.10 Å². The molecule has 0 aromatic carbocycles. The van der Waals surface area contributed by atoms with Crippen molar-refractivity contribution in [3.63, 3.8) is 0 Å². The van der Waals surface area contributed by atoms with Crippen LogP contribution in [0.4, 0.5) is 0 Å². The lowest BCUT2D eigenvalue weighted by Gasteiger charge is -2.05. The summed E-state index contributed by atoms with van der Waals surface area (Å²) in [5, 5.41) is 9.27. The van der Waals surface area contributed by atoms with Crippen molar-refractivity contribution in [1.82, 2.24) is 0 Å². The van der Waals surface area contributed by atoms with Crippen LogP contribution in [0.5, 0.6) is 0 Å². The van der Waals surface area contributed by atoms with Crippen molar-refractivity contribution in [1.29, 1.82) is 0 Å². The van der Waals surface area contributed by atoms with Gasteiger partial charge >= 0.3 is 0 Å². The molecule has 0 saturated carbocycles. The Bertz CT molecular complexity index is 138. The third kappa shape index (κ3) is 9.35. The summed E-state index contributed by atoms with van der Waals surface area (Å²) in [5.74, 6) is 0. The van der Waals surface area contributed by atoms with E-state index in [1.807, 2.05) is 13.0 Å². The Balaban J connectivity index is 3.07. The molecule has 0 amide bonds. The summed E-state index contributed by atoms with van der Waals surface area (Å²) < 4.78 is 0. The van der Waals surface area contributed by atoms with E-state index in [0.717, 1.165) is 25.7 Å². The highest BCUT2D eigenvalue weighted by atomic mass is 16.3. The van der Waals surface area contributed by atoms with Crippen molar-refractivity contribution >= 4 is 0 Å². The molecule has 13 heavy (non-hydrogen) atoms. The van der Waals surface area contributed by atoms with Gasteiger partial charge in [0.15, 0.2) is 0 Å². The maximum absolute atomic E-state index is 9.27. The quantitative estimate of drug-likeness (QED) is 0.450. The first-order valence-corrected chi connectivity index (χ1v) is 5.26. The molecule has 1 nitrogen and oxygen atoms in total. The number of unbranched alkanes of at least 4 members (excludes halogenated alkanes) is 3. The molecule has 0 aliphatic heterocycles. The highest BCUT2D eigenvalue weighted by Crippen LogP contribution is 2.07. The molecule has 0 aromatic heterocycles. The van der Waals surface area contributed by atoms with E-state index < -0.39 is 0 Å². The topological polar surface area (TPSA) is 20.2 Å². The number of allylic oxidation sites excluding steroid dienone is 3. The van der Waals surface area contributed by atoms with Gasteiger partial charge in [0.1, 0.15) is 0 Å². The van der Waals surface area contributed by atoms with Crippen LogP contribution in [0, 0.1) is 0 Å². The Morgan fingerprint density at radius 3 is 2.69 bits per heavy atom. The fourth-order valence-corrected chi connectivity index (χ4v) is 1.22. The average molecular weight is 182 g/mol. The monoisotopic (exact) mass is 182 g/mol. The van der Waals surface area contributed by atoms with Crippen LogP contribution < -0.4 is 0 Å². The van der Waals surface area contributed by atoms with Crippen molar-refractivity contribution in [2.24, 2.45) is 0 Å². The van der Waals surface area contributed by atoms with Gasteiger partial charge in [0, 0.05) is 0 Å². The van der Waals surface area contributed by atoms with Gasteiger partial charge < -0.3 is 5.11 Å². The van der Waals surface area contributed by atoms with Crippen LogP contribution >= 0.6 is 0 Å². The summed E-state index contributed by atoms with van der Waals surface area (Å²) in [6, 6.07) is 0. The summed E-state index contributed by atoms with van der Waals surface area (Å²) in [6.07, 6.45) is 12.4. The molecular formula is C12H22O. The first-order valence-electron chi connectivity index (χ1n) is 5.26. The van der Waals surface area contributed by atoms with E-state index in [2.05, 4.69) is 12.7 Å². The normalized spacial score (nSPS) is 13.4. The van der Waals surface area contributed by atoms with Gasteiger partial charge in [-0.05, 0) is 25.7 Å². The van der Waals surface area contributed by atoms with E-state index in [-0.39, 0.29) is 6.10 Å². The summed E-state index contributed by atoms with van der Waals surface area (Å²) in [7, 11) is 0. The second-order valence-electron chi connectivity index (χ2n) is 3.36. The number of hydrogen-bond donors (Lipinski definition) is 1. The van der Waals surface area contributed by atoms with Crippen LogP contribution in [0.3, 0.4) is 0 Å². The standard InChI is InChI=1S/C12H22O/c1-3-5-6-7-8-9-10-11-12(13)4-2/h3,5-6,12-13H,1,4,7-11H2,2H3. The van der Waals surface area contributed by atoms with E-state index >= 15 is 0 Å². The highest BCUT2D eigenvalue weighted by molar-refractivity contribution is 4.96. The molecule has 0 fully saturated rings. The highest BCUT2D eigenvalue weighted by Gasteiger charge is 1.98. The second-order valence-corrected chi connectivity index (χ2v) is 3.36. The van der Waals surface area contributed by atoms with Crippen LogP contribution in [-0.2, 0) is 0 Å². The molecule has 0 rings (SSSR count). The van der Waals surface area contributed by atoms with E-state index in [0.29, 0.717) is 0 Å². The fraction of sp³-hybridized carbons (Fsp3) is 0.667. The average Bonchev–Trinajstić information content (AvgIpc) is 2.16. The van der Waals surface area contributed by atoms with Gasteiger partial charge in [-0.25, -0.2) is 0 Å². The predicted molar refractivity (Wildman–Crippen MR) is 58.7 cm³/mol. The number of aliphatic hydroxyl groups is 1. The minimum Gasteiger partial charge on any atom is -0.393 e. The first-order chi connectivity index (χ1) is 6.31. The predicted octanol–water partition coefficient (Wildman–Crippen LogP) is 3.45. The Kier molecular flexibility index (Phi) is 9.12. The molecule has 0 radical (unpaired) electrons. The van der Waals surface area contributed by atoms with Gasteiger partial charge in [-0.1, -0.05) is 44.6 Å². The van der Waals surface area contributed by atoms with Crippen molar-refractivity contribution < 1.29 is 5.11 Å². The Hall–Kier alpha value is -0.560. The molecule has 1 unspecified atom stereocenters. The van der Waals surface area contributed by atoms with Crippen molar-refractivity contribution in [2.45, 2.75) is 51.6 Å². The minimum atomic E-state index is -0.0799. The maximum Gasteiger partial charge on any atom is 0.0537 e. The van der Waals surface area contributed by atoms with Gasteiger partial charge in [-0.2, -0.15) is 0 Å². The lowest BCUT2D eigenvalue weighted by Crippen LogP contribution is -2.03. The van der Waals surface area contributed by atoms with Crippen LogP contribution in [-0.4, -0.2) is 11.2 Å². The van der Waals surface area contributed by atoms with Gasteiger partial charge in [-0.3, -0.25) is 0 Å². The Morgan fingerprint density at radius 1 is 1.31 bits per heavy atom. The molecule has 1 atom stereocenters. The van der Waals surface area contributed by atoms with Gasteiger partial charge in [-0.15, -0.1) is 0 Å². The summed E-state index contributed by atoms with van der Waals surface area (Å²) >= 11 is 0. The Labute approximate surface area is 82.2 Å². The number of aliphatic hydroxyl groups excluding tert-OH is 1. The second kappa shape index (κ2) is 9.53. The molecule has 0 spiro atoms. The minimum absolute atomic E-state index is 0.0799. The molecule has 1 N–H and O–H groups in total. The van der Waals surface area contributed by atoms with Crippen LogP contribution in [0.25, 0.3) is 0 Å². The van der Waals surface area contributed by atoms with E-state index in [1.54, 1.807) is 6.08 Å². The molecule has 0 aromatic rings. The van der Waals surface area contributed by atoms with Gasteiger partial charge in [0.2, 0.25) is 0 Å². The maximum atomic E-state index is 9.27. The van der Waals surface area contributed by atoms with Crippen LogP contribution in [0.1, 0.15) is 45.4 Å². The largest absolute Gasteiger partial charge is 0.393 e. The first kappa shape index (κ1) is 12.4. The number of hydrogen-bond acceptors (Lipinski definition) is 1. The summed E-state index contributed by atoms with van der Waals surface area (Å²) in [6.45, 7) is 5.63. The molecule has 0 bridgehead atoms. The molecule has 0 aliphatic carbocycles. The third-order valence-corrected chi connectivity index (χ3v) is 2.15. The molecule has 1 heteroatoms. The Morgan fingerprint density at radius 2 is 2.08 bits per heavy atom. The third-order valence-electron chi connectivity index (χ3n) is 2.15. The smallest absolute Gasteiger partial charge is 0.0537 e.